The number of nitrogens with one attached hydrogen (secondary N) is 1. The van der Waals surface area contributed by atoms with Gasteiger partial charge in [-0.15, -0.1) is 0 Å². The molecule has 0 radical (unpaired) electrons. The average molecular weight is 267 g/mol. The molecule has 0 aromatic heterocycles. The van der Waals surface area contributed by atoms with Crippen LogP contribution in [0.3, 0.4) is 0 Å². The summed E-state index contributed by atoms with van der Waals surface area (Å²) in [6.07, 6.45) is 4.46. The van der Waals surface area contributed by atoms with Crippen molar-refractivity contribution in [3.63, 3.8) is 0 Å². The van der Waals surface area contributed by atoms with E-state index in [4.69, 9.17) is 4.74 Å². The lowest BCUT2D eigenvalue weighted by Crippen LogP contribution is -2.47. The van der Waals surface area contributed by atoms with Crippen LogP contribution in [0.4, 0.5) is 0 Å². The zero-order chi connectivity index (χ0) is 14.1. The summed E-state index contributed by atoms with van der Waals surface area (Å²) in [4.78, 5) is 2.31. The Labute approximate surface area is 118 Å². The van der Waals surface area contributed by atoms with Crippen LogP contribution in [-0.2, 0) is 4.74 Å². The summed E-state index contributed by atoms with van der Waals surface area (Å²) < 4.78 is 5.37. The lowest BCUT2D eigenvalue weighted by atomic mass is 9.85. The molecule has 19 heavy (non-hydrogen) atoms. The number of hydrogen-bond donors (Lipinski definition) is 1. The van der Waals surface area contributed by atoms with E-state index in [2.05, 4.69) is 30.3 Å². The molecule has 2 atom stereocenters. The highest BCUT2D eigenvalue weighted by Gasteiger charge is 2.42. The van der Waals surface area contributed by atoms with Crippen LogP contribution in [-0.4, -0.2) is 50.3 Å². The summed E-state index contributed by atoms with van der Waals surface area (Å²) in [5.41, 5.74) is -0.268. The van der Waals surface area contributed by atoms with E-state index in [9.17, 15) is 5.26 Å². The van der Waals surface area contributed by atoms with Crippen molar-refractivity contribution in [3.05, 3.63) is 0 Å². The van der Waals surface area contributed by atoms with Gasteiger partial charge in [0.25, 0.3) is 0 Å². The molecule has 4 heteroatoms. The van der Waals surface area contributed by atoms with Gasteiger partial charge in [-0.1, -0.05) is 13.3 Å². The average Bonchev–Trinajstić information content (AvgIpc) is 2.80. The van der Waals surface area contributed by atoms with Crippen molar-refractivity contribution in [2.24, 2.45) is 5.92 Å². The molecule has 1 aliphatic rings. The largest absolute Gasteiger partial charge is 0.380 e. The Morgan fingerprint density at radius 1 is 1.42 bits per heavy atom. The molecule has 1 rings (SSSR count). The third-order valence-corrected chi connectivity index (χ3v) is 4.19. The highest BCUT2D eigenvalue weighted by molar-refractivity contribution is 5.13. The molecular weight excluding hydrogens is 238 g/mol. The maximum absolute atomic E-state index is 9.51. The molecule has 0 amide bonds. The summed E-state index contributed by atoms with van der Waals surface area (Å²) in [6.45, 7) is 8.60. The second kappa shape index (κ2) is 8.52. The van der Waals surface area contributed by atoms with E-state index >= 15 is 0 Å². The van der Waals surface area contributed by atoms with Gasteiger partial charge >= 0.3 is 0 Å². The molecule has 0 heterocycles. The van der Waals surface area contributed by atoms with Crippen molar-refractivity contribution >= 4 is 0 Å². The number of nitriles is 1. The van der Waals surface area contributed by atoms with Crippen LogP contribution in [0.15, 0.2) is 0 Å². The summed E-state index contributed by atoms with van der Waals surface area (Å²) in [6, 6.07) is 2.55. The Balaban J connectivity index is 2.37. The number of nitrogens with zero attached hydrogens (tertiary/aromatic N) is 2. The first-order valence-electron chi connectivity index (χ1n) is 7.61. The maximum atomic E-state index is 9.51. The lowest BCUT2D eigenvalue weighted by molar-refractivity contribution is 0.119. The third-order valence-electron chi connectivity index (χ3n) is 4.19. The minimum atomic E-state index is -0.268. The molecule has 0 aromatic carbocycles. The highest BCUT2D eigenvalue weighted by atomic mass is 16.5. The Kier molecular flexibility index (Phi) is 7.37. The lowest BCUT2D eigenvalue weighted by Gasteiger charge is -2.30. The minimum Gasteiger partial charge on any atom is -0.380 e. The first-order valence-corrected chi connectivity index (χ1v) is 7.61. The highest BCUT2D eigenvalue weighted by Crippen LogP contribution is 2.37. The molecule has 0 aliphatic heterocycles. The van der Waals surface area contributed by atoms with E-state index in [1.54, 1.807) is 0 Å². The van der Waals surface area contributed by atoms with Gasteiger partial charge in [0.2, 0.25) is 0 Å². The van der Waals surface area contributed by atoms with Crippen LogP contribution < -0.4 is 5.32 Å². The Morgan fingerprint density at radius 2 is 2.21 bits per heavy atom. The maximum Gasteiger partial charge on any atom is 0.109 e. The molecular formula is C15H29N3O. The molecule has 4 nitrogen and oxygen atoms in total. The molecule has 1 fully saturated rings. The molecule has 110 valence electrons. The standard InChI is InChI=1S/C15H29N3O/c1-4-17-15(13-16)9-6-7-14(15)8-10-18(3)11-12-19-5-2/h14,17H,4-12H2,1-3H3. The van der Waals surface area contributed by atoms with Crippen LogP contribution in [0.25, 0.3) is 0 Å². The van der Waals surface area contributed by atoms with Gasteiger partial charge in [-0.05, 0) is 52.2 Å². The number of likely N-dealkylation sites (N-methyl/N-ethyl adjacent to an activating group) is 1. The monoisotopic (exact) mass is 267 g/mol. The van der Waals surface area contributed by atoms with E-state index in [1.807, 2.05) is 6.92 Å². The number of hydrogen-bond acceptors (Lipinski definition) is 4. The summed E-state index contributed by atoms with van der Waals surface area (Å²) in [5, 5.41) is 12.9. The molecule has 1 saturated carbocycles. The predicted molar refractivity (Wildman–Crippen MR) is 78.0 cm³/mol. The number of ether oxygens (including phenoxy) is 1. The summed E-state index contributed by atoms with van der Waals surface area (Å²) in [7, 11) is 2.13. The Morgan fingerprint density at radius 3 is 2.84 bits per heavy atom. The van der Waals surface area contributed by atoms with Gasteiger partial charge in [0, 0.05) is 13.2 Å². The first-order chi connectivity index (χ1) is 9.18. The van der Waals surface area contributed by atoms with Crippen molar-refractivity contribution in [1.29, 1.82) is 5.26 Å². The Hall–Kier alpha value is -0.630. The molecule has 1 N–H and O–H groups in total. The van der Waals surface area contributed by atoms with Crippen LogP contribution in [0.1, 0.15) is 39.5 Å². The van der Waals surface area contributed by atoms with Gasteiger partial charge in [0.05, 0.1) is 12.7 Å². The molecule has 0 bridgehead atoms. The Bertz CT molecular complexity index is 290. The fourth-order valence-electron chi connectivity index (χ4n) is 3.06. The van der Waals surface area contributed by atoms with Gasteiger partial charge < -0.3 is 9.64 Å². The fraction of sp³-hybridized carbons (Fsp3) is 0.933. The van der Waals surface area contributed by atoms with Crippen molar-refractivity contribution in [2.75, 3.05) is 39.9 Å². The smallest absolute Gasteiger partial charge is 0.109 e. The van der Waals surface area contributed by atoms with E-state index in [-0.39, 0.29) is 5.54 Å². The van der Waals surface area contributed by atoms with Crippen LogP contribution in [0.2, 0.25) is 0 Å². The second-order valence-corrected chi connectivity index (χ2v) is 5.49. The first kappa shape index (κ1) is 16.4. The quantitative estimate of drug-likeness (QED) is 0.649. The van der Waals surface area contributed by atoms with E-state index < -0.39 is 0 Å². The predicted octanol–water partition coefficient (Wildman–Crippen LogP) is 2.02. The van der Waals surface area contributed by atoms with Gasteiger partial charge in [-0.25, -0.2) is 0 Å². The molecule has 2 unspecified atom stereocenters. The summed E-state index contributed by atoms with van der Waals surface area (Å²) >= 11 is 0. The number of rotatable bonds is 9. The molecule has 1 aliphatic carbocycles. The van der Waals surface area contributed by atoms with Crippen molar-refractivity contribution in [1.82, 2.24) is 10.2 Å². The zero-order valence-electron chi connectivity index (χ0n) is 12.7. The minimum absolute atomic E-state index is 0.268. The normalized spacial score (nSPS) is 26.8. The zero-order valence-corrected chi connectivity index (χ0v) is 12.7. The SMILES string of the molecule is CCNC1(C#N)CCCC1CCN(C)CCOCC. The van der Waals surface area contributed by atoms with Crippen LogP contribution >= 0.6 is 0 Å². The summed E-state index contributed by atoms with van der Waals surface area (Å²) in [5.74, 6) is 0.493. The van der Waals surface area contributed by atoms with Crippen molar-refractivity contribution in [3.8, 4) is 6.07 Å². The second-order valence-electron chi connectivity index (χ2n) is 5.49. The van der Waals surface area contributed by atoms with Gasteiger partial charge in [0.15, 0.2) is 0 Å². The topological polar surface area (TPSA) is 48.3 Å². The van der Waals surface area contributed by atoms with Crippen molar-refractivity contribution < 1.29 is 4.74 Å². The van der Waals surface area contributed by atoms with Crippen molar-refractivity contribution in [2.45, 2.75) is 45.1 Å². The van der Waals surface area contributed by atoms with E-state index in [0.717, 1.165) is 45.7 Å². The van der Waals surface area contributed by atoms with Gasteiger partial charge in [-0.2, -0.15) is 5.26 Å². The fourth-order valence-corrected chi connectivity index (χ4v) is 3.06. The molecule has 0 aromatic rings. The molecule has 0 saturated heterocycles. The third kappa shape index (κ3) is 4.76. The van der Waals surface area contributed by atoms with Crippen LogP contribution in [0, 0.1) is 17.2 Å². The van der Waals surface area contributed by atoms with Gasteiger partial charge in [-0.3, -0.25) is 5.32 Å². The van der Waals surface area contributed by atoms with E-state index in [1.165, 1.54) is 12.8 Å². The van der Waals surface area contributed by atoms with E-state index in [0.29, 0.717) is 5.92 Å². The van der Waals surface area contributed by atoms with Gasteiger partial charge in [0.1, 0.15) is 5.54 Å². The van der Waals surface area contributed by atoms with Crippen LogP contribution in [0.5, 0.6) is 0 Å². The molecule has 0 spiro atoms.